The van der Waals surface area contributed by atoms with Gasteiger partial charge in [0.15, 0.2) is 0 Å². The molecule has 6 heteroatoms. The quantitative estimate of drug-likeness (QED) is 0.892. The van der Waals surface area contributed by atoms with Crippen LogP contribution in [0, 0.1) is 5.92 Å². The van der Waals surface area contributed by atoms with E-state index in [1.807, 2.05) is 0 Å². The summed E-state index contributed by atoms with van der Waals surface area (Å²) in [5, 5.41) is 17.1. The average Bonchev–Trinajstić information content (AvgIpc) is 2.78. The van der Waals surface area contributed by atoms with Gasteiger partial charge in [-0.3, -0.25) is 0 Å². The third-order valence-electron chi connectivity index (χ3n) is 3.14. The van der Waals surface area contributed by atoms with Gasteiger partial charge in [0.25, 0.3) is 0 Å². The Morgan fingerprint density at radius 3 is 2.79 bits per heavy atom. The molecule has 0 amide bonds. The van der Waals surface area contributed by atoms with E-state index in [1.54, 1.807) is 23.9 Å². The van der Waals surface area contributed by atoms with E-state index in [1.165, 1.54) is 6.07 Å². The Kier molecular flexibility index (Phi) is 3.80. The molecule has 0 radical (unpaired) electrons. The molecule has 1 heterocycles. The van der Waals surface area contributed by atoms with Crippen LogP contribution in [0.15, 0.2) is 18.2 Å². The number of hydrogen-bond donors (Lipinski definition) is 1. The average molecular weight is 263 g/mol. The summed E-state index contributed by atoms with van der Waals surface area (Å²) in [6.07, 6.45) is 0. The van der Waals surface area contributed by atoms with Gasteiger partial charge in [-0.05, 0) is 24.1 Å². The number of carbonyl (C=O) groups is 1. The molecule has 0 saturated carbocycles. The normalized spacial score (nSPS) is 13.1. The molecule has 1 unspecified atom stereocenters. The molecule has 0 aliphatic carbocycles. The van der Waals surface area contributed by atoms with Gasteiger partial charge in [0.05, 0.1) is 23.7 Å². The minimum Gasteiger partial charge on any atom is -0.478 e. The molecule has 0 fully saturated rings. The highest BCUT2D eigenvalue weighted by molar-refractivity contribution is 5.92. The summed E-state index contributed by atoms with van der Waals surface area (Å²) in [6, 6.07) is 4.91. The molecule has 19 heavy (non-hydrogen) atoms. The van der Waals surface area contributed by atoms with Crippen molar-refractivity contribution in [2.45, 2.75) is 19.9 Å². The van der Waals surface area contributed by atoms with Crippen molar-refractivity contribution < 1.29 is 14.6 Å². The van der Waals surface area contributed by atoms with Gasteiger partial charge < -0.3 is 9.84 Å². The second-order valence-corrected chi connectivity index (χ2v) is 4.81. The number of nitrogens with zero attached hydrogens (tertiary/aromatic N) is 3. The van der Waals surface area contributed by atoms with Crippen LogP contribution < -0.4 is 0 Å². The summed E-state index contributed by atoms with van der Waals surface area (Å²) in [7, 11) is 1.65. The lowest BCUT2D eigenvalue weighted by Crippen LogP contribution is -2.21. The lowest BCUT2D eigenvalue weighted by atomic mass is 10.1. The van der Waals surface area contributed by atoms with E-state index < -0.39 is 5.97 Å². The first-order valence-corrected chi connectivity index (χ1v) is 6.11. The predicted molar refractivity (Wildman–Crippen MR) is 70.2 cm³/mol. The zero-order chi connectivity index (χ0) is 14.0. The summed E-state index contributed by atoms with van der Waals surface area (Å²) in [5.41, 5.74) is 1.62. The summed E-state index contributed by atoms with van der Waals surface area (Å²) >= 11 is 0. The van der Waals surface area contributed by atoms with Crippen LogP contribution in [0.1, 0.15) is 30.2 Å². The summed E-state index contributed by atoms with van der Waals surface area (Å²) < 4.78 is 7.02. The van der Waals surface area contributed by atoms with E-state index in [-0.39, 0.29) is 11.6 Å². The summed E-state index contributed by atoms with van der Waals surface area (Å²) in [5.74, 6) is -0.627. The van der Waals surface area contributed by atoms with Crippen LogP contribution in [0.2, 0.25) is 0 Å². The zero-order valence-corrected chi connectivity index (χ0v) is 11.2. The Balaban J connectivity index is 2.47. The van der Waals surface area contributed by atoms with Crippen LogP contribution in [0.3, 0.4) is 0 Å². The third kappa shape index (κ3) is 2.58. The SMILES string of the molecule is COCC(C(C)C)n1nnc2cc(C(=O)O)ccc21. The lowest BCUT2D eigenvalue weighted by Gasteiger charge is -2.20. The number of benzene rings is 1. The number of carboxylic acids is 1. The molecule has 1 aromatic carbocycles. The molecule has 1 N–H and O–H groups in total. The van der Waals surface area contributed by atoms with Crippen molar-refractivity contribution in [2.24, 2.45) is 5.92 Å². The van der Waals surface area contributed by atoms with Gasteiger partial charge in [0.1, 0.15) is 5.52 Å². The largest absolute Gasteiger partial charge is 0.478 e. The molecule has 0 saturated heterocycles. The van der Waals surface area contributed by atoms with E-state index in [9.17, 15) is 4.79 Å². The van der Waals surface area contributed by atoms with Crippen LogP contribution in [-0.2, 0) is 4.74 Å². The number of fused-ring (bicyclic) bond motifs is 1. The molecule has 2 aromatic rings. The predicted octanol–water partition coefficient (Wildman–Crippen LogP) is 1.97. The first-order valence-electron chi connectivity index (χ1n) is 6.11. The van der Waals surface area contributed by atoms with Crippen LogP contribution >= 0.6 is 0 Å². The van der Waals surface area contributed by atoms with E-state index in [4.69, 9.17) is 9.84 Å². The topological polar surface area (TPSA) is 77.2 Å². The molecule has 102 valence electrons. The molecular weight excluding hydrogens is 246 g/mol. The zero-order valence-electron chi connectivity index (χ0n) is 11.2. The number of aromatic nitrogens is 3. The van der Waals surface area contributed by atoms with Crippen LogP contribution in [0.5, 0.6) is 0 Å². The second kappa shape index (κ2) is 5.36. The highest BCUT2D eigenvalue weighted by Crippen LogP contribution is 2.22. The van der Waals surface area contributed by atoms with Gasteiger partial charge in [-0.15, -0.1) is 5.10 Å². The monoisotopic (exact) mass is 263 g/mol. The third-order valence-corrected chi connectivity index (χ3v) is 3.14. The summed E-state index contributed by atoms with van der Waals surface area (Å²) in [6.45, 7) is 4.71. The molecule has 1 atom stereocenters. The van der Waals surface area contributed by atoms with Crippen molar-refractivity contribution in [3.8, 4) is 0 Å². The molecule has 6 nitrogen and oxygen atoms in total. The van der Waals surface area contributed by atoms with Crippen LogP contribution in [0.25, 0.3) is 11.0 Å². The standard InChI is InChI=1S/C13H17N3O3/c1-8(2)12(7-19-3)16-11-5-4-9(13(17)18)6-10(11)14-15-16/h4-6,8,12H,7H2,1-3H3,(H,17,18). The first-order chi connectivity index (χ1) is 9.04. The molecular formula is C13H17N3O3. The molecule has 2 rings (SSSR count). The fourth-order valence-corrected chi connectivity index (χ4v) is 2.04. The fourth-order valence-electron chi connectivity index (χ4n) is 2.04. The fraction of sp³-hybridized carbons (Fsp3) is 0.462. The number of ether oxygens (including phenoxy) is 1. The van der Waals surface area contributed by atoms with Gasteiger partial charge in [-0.1, -0.05) is 19.1 Å². The van der Waals surface area contributed by atoms with Crippen molar-refractivity contribution in [2.75, 3.05) is 13.7 Å². The van der Waals surface area contributed by atoms with Crippen molar-refractivity contribution in [1.82, 2.24) is 15.0 Å². The van der Waals surface area contributed by atoms with Crippen molar-refractivity contribution in [3.05, 3.63) is 23.8 Å². The molecule has 0 spiro atoms. The van der Waals surface area contributed by atoms with Gasteiger partial charge in [-0.25, -0.2) is 9.48 Å². The van der Waals surface area contributed by atoms with Gasteiger partial charge in [-0.2, -0.15) is 0 Å². The molecule has 0 aliphatic heterocycles. The van der Waals surface area contributed by atoms with Crippen molar-refractivity contribution >= 4 is 17.0 Å². The Morgan fingerprint density at radius 1 is 1.47 bits per heavy atom. The highest BCUT2D eigenvalue weighted by Gasteiger charge is 2.19. The van der Waals surface area contributed by atoms with E-state index in [0.29, 0.717) is 18.0 Å². The number of carboxylic acid groups (broad SMARTS) is 1. The molecule has 1 aromatic heterocycles. The van der Waals surface area contributed by atoms with E-state index >= 15 is 0 Å². The first kappa shape index (κ1) is 13.5. The minimum absolute atomic E-state index is 0.0747. The number of aromatic carboxylic acids is 1. The number of methoxy groups -OCH3 is 1. The van der Waals surface area contributed by atoms with E-state index in [0.717, 1.165) is 5.52 Å². The van der Waals surface area contributed by atoms with Crippen molar-refractivity contribution in [3.63, 3.8) is 0 Å². The maximum absolute atomic E-state index is 10.9. The number of rotatable bonds is 5. The smallest absolute Gasteiger partial charge is 0.335 e. The second-order valence-electron chi connectivity index (χ2n) is 4.81. The molecule has 0 aliphatic rings. The van der Waals surface area contributed by atoms with Gasteiger partial charge >= 0.3 is 5.97 Å². The molecule has 0 bridgehead atoms. The lowest BCUT2D eigenvalue weighted by molar-refractivity contribution is 0.0697. The highest BCUT2D eigenvalue weighted by atomic mass is 16.5. The Labute approximate surface area is 111 Å². The maximum atomic E-state index is 10.9. The maximum Gasteiger partial charge on any atom is 0.335 e. The van der Waals surface area contributed by atoms with Gasteiger partial charge in [0.2, 0.25) is 0 Å². The summed E-state index contributed by atoms with van der Waals surface area (Å²) in [4.78, 5) is 10.9. The van der Waals surface area contributed by atoms with E-state index in [2.05, 4.69) is 24.2 Å². The Hall–Kier alpha value is -1.95. The number of hydrogen-bond acceptors (Lipinski definition) is 4. The van der Waals surface area contributed by atoms with Gasteiger partial charge in [0, 0.05) is 7.11 Å². The Morgan fingerprint density at radius 2 is 2.21 bits per heavy atom. The van der Waals surface area contributed by atoms with Crippen LogP contribution in [0.4, 0.5) is 0 Å². The Bertz CT molecular complexity index is 592. The minimum atomic E-state index is -0.964. The van der Waals surface area contributed by atoms with Crippen molar-refractivity contribution in [1.29, 1.82) is 0 Å². The van der Waals surface area contributed by atoms with Crippen LogP contribution in [-0.4, -0.2) is 39.8 Å².